The van der Waals surface area contributed by atoms with Crippen molar-refractivity contribution in [3.8, 4) is 0 Å². The molecule has 2 aromatic rings. The molecule has 1 aromatic carbocycles. The normalized spacial score (nSPS) is 10.8. The highest BCUT2D eigenvalue weighted by Crippen LogP contribution is 2.27. The van der Waals surface area contributed by atoms with Crippen molar-refractivity contribution in [1.29, 1.82) is 0 Å². The molecule has 4 nitrogen and oxygen atoms in total. The van der Waals surface area contributed by atoms with Gasteiger partial charge in [-0.15, -0.1) is 0 Å². The van der Waals surface area contributed by atoms with E-state index in [1.807, 2.05) is 26.0 Å². The SMILES string of the molecule is CCn1cc(C(=O)Nc2c(C)cccc2C(C)C)cn1. The second-order valence-corrected chi connectivity index (χ2v) is 5.23. The molecule has 1 amide bonds. The number of anilines is 1. The van der Waals surface area contributed by atoms with Crippen LogP contribution in [0.15, 0.2) is 30.6 Å². The summed E-state index contributed by atoms with van der Waals surface area (Å²) in [5.41, 5.74) is 3.73. The van der Waals surface area contributed by atoms with E-state index in [2.05, 4.69) is 30.3 Å². The Hall–Kier alpha value is -2.10. The zero-order valence-corrected chi connectivity index (χ0v) is 12.5. The van der Waals surface area contributed by atoms with Crippen LogP contribution in [0, 0.1) is 6.92 Å². The van der Waals surface area contributed by atoms with E-state index >= 15 is 0 Å². The number of rotatable bonds is 4. The van der Waals surface area contributed by atoms with E-state index in [9.17, 15) is 4.79 Å². The molecule has 2 rings (SSSR count). The number of hydrogen-bond acceptors (Lipinski definition) is 2. The van der Waals surface area contributed by atoms with Gasteiger partial charge in [0, 0.05) is 18.4 Å². The maximum atomic E-state index is 12.3. The van der Waals surface area contributed by atoms with E-state index in [1.165, 1.54) is 0 Å². The summed E-state index contributed by atoms with van der Waals surface area (Å²) in [6, 6.07) is 6.09. The molecule has 0 aliphatic carbocycles. The van der Waals surface area contributed by atoms with Crippen molar-refractivity contribution < 1.29 is 4.79 Å². The van der Waals surface area contributed by atoms with Gasteiger partial charge < -0.3 is 5.32 Å². The van der Waals surface area contributed by atoms with Crippen LogP contribution in [0.2, 0.25) is 0 Å². The molecule has 0 unspecified atom stereocenters. The summed E-state index contributed by atoms with van der Waals surface area (Å²) in [6.07, 6.45) is 3.37. The Kier molecular flexibility index (Phi) is 4.23. The molecule has 0 atom stereocenters. The van der Waals surface area contributed by atoms with Crippen LogP contribution >= 0.6 is 0 Å². The minimum absolute atomic E-state index is 0.110. The first-order chi connectivity index (χ1) is 9.52. The Bertz CT molecular complexity index is 614. The maximum Gasteiger partial charge on any atom is 0.258 e. The van der Waals surface area contributed by atoms with E-state index < -0.39 is 0 Å². The van der Waals surface area contributed by atoms with Crippen molar-refractivity contribution in [1.82, 2.24) is 9.78 Å². The average molecular weight is 271 g/mol. The van der Waals surface area contributed by atoms with Crippen LogP contribution in [0.1, 0.15) is 48.2 Å². The molecule has 20 heavy (non-hydrogen) atoms. The lowest BCUT2D eigenvalue weighted by Crippen LogP contribution is -2.14. The molecule has 0 spiro atoms. The summed E-state index contributed by atoms with van der Waals surface area (Å²) in [6.45, 7) is 9.01. The molecule has 0 radical (unpaired) electrons. The van der Waals surface area contributed by atoms with Crippen LogP contribution in [0.3, 0.4) is 0 Å². The Morgan fingerprint density at radius 3 is 2.75 bits per heavy atom. The van der Waals surface area contributed by atoms with Gasteiger partial charge in [-0.1, -0.05) is 32.0 Å². The summed E-state index contributed by atoms with van der Waals surface area (Å²) < 4.78 is 1.75. The first-order valence-corrected chi connectivity index (χ1v) is 6.96. The highest BCUT2D eigenvalue weighted by atomic mass is 16.1. The van der Waals surface area contributed by atoms with E-state index in [4.69, 9.17) is 0 Å². The minimum Gasteiger partial charge on any atom is -0.321 e. The van der Waals surface area contributed by atoms with Crippen molar-refractivity contribution >= 4 is 11.6 Å². The summed E-state index contributed by atoms with van der Waals surface area (Å²) in [5.74, 6) is 0.254. The molecule has 0 aliphatic heterocycles. The number of aromatic nitrogens is 2. The molecular weight excluding hydrogens is 250 g/mol. The predicted molar refractivity (Wildman–Crippen MR) is 81.1 cm³/mol. The van der Waals surface area contributed by atoms with Gasteiger partial charge in [0.05, 0.1) is 11.8 Å². The molecule has 1 N–H and O–H groups in total. The van der Waals surface area contributed by atoms with Crippen molar-refractivity contribution in [2.24, 2.45) is 0 Å². The van der Waals surface area contributed by atoms with Gasteiger partial charge in [-0.3, -0.25) is 9.48 Å². The Balaban J connectivity index is 2.27. The zero-order valence-electron chi connectivity index (χ0n) is 12.5. The summed E-state index contributed by atoms with van der Waals surface area (Å²) in [7, 11) is 0. The minimum atomic E-state index is -0.110. The lowest BCUT2D eigenvalue weighted by Gasteiger charge is -2.16. The number of nitrogens with zero attached hydrogens (tertiary/aromatic N) is 2. The molecule has 1 heterocycles. The second kappa shape index (κ2) is 5.90. The van der Waals surface area contributed by atoms with Crippen LogP contribution in [0.25, 0.3) is 0 Å². The summed E-state index contributed by atoms with van der Waals surface area (Å²) >= 11 is 0. The molecule has 0 fully saturated rings. The second-order valence-electron chi connectivity index (χ2n) is 5.23. The van der Waals surface area contributed by atoms with Gasteiger partial charge in [-0.05, 0) is 30.9 Å². The number of carbonyl (C=O) groups is 1. The number of aryl methyl sites for hydroxylation is 2. The fourth-order valence-electron chi connectivity index (χ4n) is 2.18. The van der Waals surface area contributed by atoms with Crippen LogP contribution < -0.4 is 5.32 Å². The highest BCUT2D eigenvalue weighted by molar-refractivity contribution is 6.04. The Labute approximate surface area is 119 Å². The number of nitrogens with one attached hydrogen (secondary N) is 1. The lowest BCUT2D eigenvalue weighted by molar-refractivity contribution is 0.102. The first-order valence-electron chi connectivity index (χ1n) is 6.96. The van der Waals surface area contributed by atoms with Gasteiger partial charge in [-0.25, -0.2) is 0 Å². The van der Waals surface area contributed by atoms with Gasteiger partial charge in [0.2, 0.25) is 0 Å². The Morgan fingerprint density at radius 2 is 2.15 bits per heavy atom. The molecule has 4 heteroatoms. The molecule has 106 valence electrons. The van der Waals surface area contributed by atoms with Crippen LogP contribution in [-0.2, 0) is 6.54 Å². The van der Waals surface area contributed by atoms with E-state index in [0.717, 1.165) is 23.4 Å². The van der Waals surface area contributed by atoms with E-state index in [0.29, 0.717) is 11.5 Å². The van der Waals surface area contributed by atoms with Crippen molar-refractivity contribution in [2.75, 3.05) is 5.32 Å². The van der Waals surface area contributed by atoms with Crippen LogP contribution in [0.5, 0.6) is 0 Å². The molecule has 0 aliphatic rings. The quantitative estimate of drug-likeness (QED) is 0.923. The predicted octanol–water partition coefficient (Wildman–Crippen LogP) is 3.59. The van der Waals surface area contributed by atoms with Gasteiger partial charge >= 0.3 is 0 Å². The van der Waals surface area contributed by atoms with E-state index in [1.54, 1.807) is 17.1 Å². The summed E-state index contributed by atoms with van der Waals surface area (Å²) in [4.78, 5) is 12.3. The summed E-state index contributed by atoms with van der Waals surface area (Å²) in [5, 5.41) is 7.15. The van der Waals surface area contributed by atoms with Gasteiger partial charge in [-0.2, -0.15) is 5.10 Å². The van der Waals surface area contributed by atoms with Crippen molar-refractivity contribution in [3.05, 3.63) is 47.3 Å². The lowest BCUT2D eigenvalue weighted by atomic mass is 9.98. The molecular formula is C16H21N3O. The van der Waals surface area contributed by atoms with Gasteiger partial charge in [0.15, 0.2) is 0 Å². The maximum absolute atomic E-state index is 12.3. The number of para-hydroxylation sites is 1. The number of carbonyl (C=O) groups excluding carboxylic acids is 1. The van der Waals surface area contributed by atoms with Crippen molar-refractivity contribution in [2.45, 2.75) is 40.2 Å². The van der Waals surface area contributed by atoms with Gasteiger partial charge in [0.25, 0.3) is 5.91 Å². The Morgan fingerprint density at radius 1 is 1.40 bits per heavy atom. The molecule has 0 saturated heterocycles. The smallest absolute Gasteiger partial charge is 0.258 e. The topological polar surface area (TPSA) is 46.9 Å². The van der Waals surface area contributed by atoms with Crippen LogP contribution in [-0.4, -0.2) is 15.7 Å². The molecule has 1 aromatic heterocycles. The third-order valence-electron chi connectivity index (χ3n) is 3.38. The fraction of sp³-hybridized carbons (Fsp3) is 0.375. The third kappa shape index (κ3) is 2.90. The molecule has 0 bridgehead atoms. The average Bonchev–Trinajstić information content (AvgIpc) is 2.89. The standard InChI is InChI=1S/C16H21N3O/c1-5-19-10-13(9-17-19)16(20)18-15-12(4)7-6-8-14(15)11(2)3/h6-11H,5H2,1-4H3,(H,18,20). The van der Waals surface area contributed by atoms with Crippen molar-refractivity contribution in [3.63, 3.8) is 0 Å². The monoisotopic (exact) mass is 271 g/mol. The zero-order chi connectivity index (χ0) is 14.7. The van der Waals surface area contributed by atoms with E-state index in [-0.39, 0.29) is 5.91 Å². The molecule has 0 saturated carbocycles. The number of hydrogen-bond donors (Lipinski definition) is 1. The number of amides is 1. The largest absolute Gasteiger partial charge is 0.321 e. The highest BCUT2D eigenvalue weighted by Gasteiger charge is 2.14. The van der Waals surface area contributed by atoms with Crippen LogP contribution in [0.4, 0.5) is 5.69 Å². The van der Waals surface area contributed by atoms with Gasteiger partial charge in [0.1, 0.15) is 0 Å². The first kappa shape index (κ1) is 14.3. The fourth-order valence-corrected chi connectivity index (χ4v) is 2.18. The number of benzene rings is 1. The third-order valence-corrected chi connectivity index (χ3v) is 3.38.